The van der Waals surface area contributed by atoms with Crippen LogP contribution in [-0.4, -0.2) is 55.8 Å². The number of hydrogen-bond donors (Lipinski definition) is 1. The predicted octanol–water partition coefficient (Wildman–Crippen LogP) is 1.16. The summed E-state index contributed by atoms with van der Waals surface area (Å²) in [6.45, 7) is 6.37. The van der Waals surface area contributed by atoms with Gasteiger partial charge < -0.3 is 15.4 Å². The number of likely N-dealkylation sites (N-methyl/N-ethyl adjacent to an activating group) is 1. The van der Waals surface area contributed by atoms with Crippen molar-refractivity contribution in [3.05, 3.63) is 29.8 Å². The highest BCUT2D eigenvalue weighted by molar-refractivity contribution is 5.29. The molecular formula is C15H25N3O. The second-order valence-corrected chi connectivity index (χ2v) is 5.68. The van der Waals surface area contributed by atoms with Crippen molar-refractivity contribution in [1.82, 2.24) is 9.80 Å². The van der Waals surface area contributed by atoms with Crippen molar-refractivity contribution in [3.63, 3.8) is 0 Å². The fourth-order valence-electron chi connectivity index (χ4n) is 2.62. The standard InChI is InChI=1S/C15H25N3O/c1-15(16,18-9-7-17(2)8-10-18)12-13-5-4-6-14(11-13)19-3/h4-6,11H,7-10,12,16H2,1-3H3. The highest BCUT2D eigenvalue weighted by Crippen LogP contribution is 2.20. The number of nitrogens with two attached hydrogens (primary N) is 1. The quantitative estimate of drug-likeness (QED) is 0.885. The molecule has 106 valence electrons. The molecule has 2 rings (SSSR count). The number of methoxy groups -OCH3 is 1. The average Bonchev–Trinajstić information content (AvgIpc) is 2.39. The Bertz CT molecular complexity index is 412. The van der Waals surface area contributed by atoms with Gasteiger partial charge in [0.2, 0.25) is 0 Å². The first-order valence-electron chi connectivity index (χ1n) is 6.87. The lowest BCUT2D eigenvalue weighted by Crippen LogP contribution is -2.60. The molecule has 1 unspecified atom stereocenters. The van der Waals surface area contributed by atoms with Crippen LogP contribution in [0.1, 0.15) is 12.5 Å². The third kappa shape index (κ3) is 3.69. The summed E-state index contributed by atoms with van der Waals surface area (Å²) in [5, 5.41) is 0. The van der Waals surface area contributed by atoms with Crippen LogP contribution in [0.3, 0.4) is 0 Å². The summed E-state index contributed by atoms with van der Waals surface area (Å²) >= 11 is 0. The molecule has 19 heavy (non-hydrogen) atoms. The number of hydrogen-bond acceptors (Lipinski definition) is 4. The normalized spacial score (nSPS) is 21.1. The second-order valence-electron chi connectivity index (χ2n) is 5.68. The Kier molecular flexibility index (Phi) is 4.45. The Balaban J connectivity index is 2.03. The number of ether oxygens (including phenoxy) is 1. The summed E-state index contributed by atoms with van der Waals surface area (Å²) in [6.07, 6.45) is 0.841. The molecular weight excluding hydrogens is 238 g/mol. The van der Waals surface area contributed by atoms with E-state index in [2.05, 4.69) is 35.9 Å². The minimum Gasteiger partial charge on any atom is -0.497 e. The lowest BCUT2D eigenvalue weighted by molar-refractivity contribution is 0.0546. The van der Waals surface area contributed by atoms with E-state index in [1.165, 1.54) is 5.56 Å². The van der Waals surface area contributed by atoms with E-state index in [9.17, 15) is 0 Å². The Morgan fingerprint density at radius 2 is 1.95 bits per heavy atom. The highest BCUT2D eigenvalue weighted by Gasteiger charge is 2.29. The van der Waals surface area contributed by atoms with Crippen molar-refractivity contribution in [2.75, 3.05) is 40.3 Å². The van der Waals surface area contributed by atoms with Crippen LogP contribution in [0.15, 0.2) is 24.3 Å². The summed E-state index contributed by atoms with van der Waals surface area (Å²) < 4.78 is 5.27. The molecule has 0 aliphatic carbocycles. The molecule has 1 aliphatic rings. The van der Waals surface area contributed by atoms with Crippen LogP contribution in [-0.2, 0) is 6.42 Å². The minimum absolute atomic E-state index is 0.298. The maximum absolute atomic E-state index is 6.53. The van der Waals surface area contributed by atoms with Crippen molar-refractivity contribution >= 4 is 0 Å². The van der Waals surface area contributed by atoms with Crippen LogP contribution in [0.4, 0.5) is 0 Å². The average molecular weight is 263 g/mol. The topological polar surface area (TPSA) is 41.7 Å². The van der Waals surface area contributed by atoms with Gasteiger partial charge in [0, 0.05) is 32.6 Å². The first-order valence-corrected chi connectivity index (χ1v) is 6.87. The van der Waals surface area contributed by atoms with Gasteiger partial charge in [-0.3, -0.25) is 4.90 Å². The lowest BCUT2D eigenvalue weighted by atomic mass is 9.99. The monoisotopic (exact) mass is 263 g/mol. The smallest absolute Gasteiger partial charge is 0.119 e. The molecule has 1 aromatic carbocycles. The predicted molar refractivity (Wildman–Crippen MR) is 78.4 cm³/mol. The molecule has 0 bridgehead atoms. The van der Waals surface area contributed by atoms with E-state index in [0.29, 0.717) is 0 Å². The van der Waals surface area contributed by atoms with Crippen molar-refractivity contribution in [2.45, 2.75) is 19.0 Å². The molecule has 1 heterocycles. The molecule has 1 aromatic rings. The van der Waals surface area contributed by atoms with Crippen LogP contribution in [0.2, 0.25) is 0 Å². The van der Waals surface area contributed by atoms with Gasteiger partial charge in [-0.15, -0.1) is 0 Å². The van der Waals surface area contributed by atoms with Gasteiger partial charge in [-0.1, -0.05) is 12.1 Å². The Morgan fingerprint density at radius 3 is 2.58 bits per heavy atom. The van der Waals surface area contributed by atoms with Gasteiger partial charge in [0.1, 0.15) is 5.75 Å². The molecule has 0 spiro atoms. The van der Waals surface area contributed by atoms with Gasteiger partial charge in [0.05, 0.1) is 12.8 Å². The fourth-order valence-corrected chi connectivity index (χ4v) is 2.62. The van der Waals surface area contributed by atoms with E-state index >= 15 is 0 Å². The summed E-state index contributed by atoms with van der Waals surface area (Å²) in [5.74, 6) is 0.895. The third-order valence-corrected chi connectivity index (χ3v) is 3.92. The van der Waals surface area contributed by atoms with Crippen LogP contribution in [0, 0.1) is 0 Å². The van der Waals surface area contributed by atoms with Crippen molar-refractivity contribution in [2.24, 2.45) is 5.73 Å². The zero-order valence-electron chi connectivity index (χ0n) is 12.2. The summed E-state index contributed by atoms with van der Waals surface area (Å²) in [7, 11) is 3.86. The van der Waals surface area contributed by atoms with Crippen LogP contribution in [0.5, 0.6) is 5.75 Å². The molecule has 0 amide bonds. The van der Waals surface area contributed by atoms with Crippen LogP contribution in [0.25, 0.3) is 0 Å². The van der Waals surface area contributed by atoms with E-state index < -0.39 is 0 Å². The molecule has 4 heteroatoms. The van der Waals surface area contributed by atoms with Crippen molar-refractivity contribution in [3.8, 4) is 5.75 Å². The molecule has 4 nitrogen and oxygen atoms in total. The van der Waals surface area contributed by atoms with Crippen LogP contribution >= 0.6 is 0 Å². The second kappa shape index (κ2) is 5.90. The van der Waals surface area contributed by atoms with E-state index in [-0.39, 0.29) is 5.66 Å². The number of nitrogens with zero attached hydrogens (tertiary/aromatic N) is 2. The van der Waals surface area contributed by atoms with Crippen molar-refractivity contribution < 1.29 is 4.74 Å². The number of benzene rings is 1. The Labute approximate surface area is 116 Å². The molecule has 1 fully saturated rings. The molecule has 1 atom stereocenters. The first-order chi connectivity index (χ1) is 9.01. The van der Waals surface area contributed by atoms with Gasteiger partial charge in [-0.05, 0) is 31.7 Å². The van der Waals surface area contributed by atoms with E-state index in [1.807, 2.05) is 12.1 Å². The van der Waals surface area contributed by atoms with Gasteiger partial charge in [-0.2, -0.15) is 0 Å². The molecule has 0 aromatic heterocycles. The molecule has 1 saturated heterocycles. The van der Waals surface area contributed by atoms with Crippen molar-refractivity contribution in [1.29, 1.82) is 0 Å². The fraction of sp³-hybridized carbons (Fsp3) is 0.600. The molecule has 0 saturated carbocycles. The zero-order chi connectivity index (χ0) is 13.9. The van der Waals surface area contributed by atoms with Gasteiger partial charge >= 0.3 is 0 Å². The van der Waals surface area contributed by atoms with Gasteiger partial charge in [0.25, 0.3) is 0 Å². The molecule has 0 radical (unpaired) electrons. The molecule has 2 N–H and O–H groups in total. The van der Waals surface area contributed by atoms with Gasteiger partial charge in [-0.25, -0.2) is 0 Å². The maximum Gasteiger partial charge on any atom is 0.119 e. The third-order valence-electron chi connectivity index (χ3n) is 3.92. The minimum atomic E-state index is -0.298. The van der Waals surface area contributed by atoms with E-state index in [1.54, 1.807) is 7.11 Å². The van der Waals surface area contributed by atoms with E-state index in [4.69, 9.17) is 10.5 Å². The SMILES string of the molecule is COc1cccc(CC(C)(N)N2CCN(C)CC2)c1. The Morgan fingerprint density at radius 1 is 1.26 bits per heavy atom. The van der Waals surface area contributed by atoms with E-state index in [0.717, 1.165) is 38.3 Å². The Hall–Kier alpha value is -1.10. The first kappa shape index (κ1) is 14.3. The zero-order valence-corrected chi connectivity index (χ0v) is 12.2. The highest BCUT2D eigenvalue weighted by atomic mass is 16.5. The summed E-state index contributed by atoms with van der Waals surface area (Å²) in [6, 6.07) is 8.17. The summed E-state index contributed by atoms with van der Waals surface area (Å²) in [5.41, 5.74) is 7.45. The molecule has 1 aliphatic heterocycles. The largest absolute Gasteiger partial charge is 0.497 e. The number of rotatable bonds is 4. The lowest BCUT2D eigenvalue weighted by Gasteiger charge is -2.43. The van der Waals surface area contributed by atoms with Gasteiger partial charge in [0.15, 0.2) is 0 Å². The maximum atomic E-state index is 6.53. The number of piperazine rings is 1. The summed E-state index contributed by atoms with van der Waals surface area (Å²) in [4.78, 5) is 4.73. The van der Waals surface area contributed by atoms with Crippen LogP contribution < -0.4 is 10.5 Å².